The van der Waals surface area contributed by atoms with Crippen LogP contribution in [0.1, 0.15) is 56.9 Å². The normalized spacial score (nSPS) is 13.4. The van der Waals surface area contributed by atoms with Crippen LogP contribution in [0.4, 0.5) is 4.79 Å². The van der Waals surface area contributed by atoms with Crippen LogP contribution in [-0.2, 0) is 4.79 Å². The van der Waals surface area contributed by atoms with Gasteiger partial charge in [0, 0.05) is 10.9 Å². The van der Waals surface area contributed by atoms with Crippen molar-refractivity contribution in [1.29, 1.82) is 0 Å². The summed E-state index contributed by atoms with van der Waals surface area (Å²) in [5, 5.41) is 16.6. The summed E-state index contributed by atoms with van der Waals surface area (Å²) in [6.45, 7) is 4.05. The molecule has 0 aliphatic carbocycles. The minimum Gasteiger partial charge on any atom is -0.481 e. The van der Waals surface area contributed by atoms with Gasteiger partial charge in [-0.1, -0.05) is 32.8 Å². The van der Waals surface area contributed by atoms with Gasteiger partial charge in [-0.25, -0.2) is 4.79 Å². The first-order chi connectivity index (χ1) is 10.1. The minimum absolute atomic E-state index is 0.0119. The van der Waals surface area contributed by atoms with Crippen molar-refractivity contribution in [1.82, 2.24) is 10.6 Å². The molecule has 2 atom stereocenters. The summed E-state index contributed by atoms with van der Waals surface area (Å²) in [4.78, 5) is 24.0. The van der Waals surface area contributed by atoms with E-state index in [1.165, 1.54) is 0 Å². The van der Waals surface area contributed by atoms with Crippen LogP contribution < -0.4 is 10.6 Å². The van der Waals surface area contributed by atoms with Gasteiger partial charge in [-0.2, -0.15) is 0 Å². The quantitative estimate of drug-likeness (QED) is 0.652. The van der Waals surface area contributed by atoms with Gasteiger partial charge < -0.3 is 15.7 Å². The summed E-state index contributed by atoms with van der Waals surface area (Å²) in [6, 6.07) is 3.35. The lowest BCUT2D eigenvalue weighted by Gasteiger charge is -2.21. The zero-order valence-electron chi connectivity index (χ0n) is 12.6. The van der Waals surface area contributed by atoms with Crippen molar-refractivity contribution in [2.75, 3.05) is 0 Å². The molecule has 5 nitrogen and oxygen atoms in total. The van der Waals surface area contributed by atoms with E-state index in [1.54, 1.807) is 11.3 Å². The number of rotatable bonds is 9. The fourth-order valence-corrected chi connectivity index (χ4v) is 3.05. The Morgan fingerprint density at radius 2 is 1.95 bits per heavy atom. The molecule has 21 heavy (non-hydrogen) atoms. The number of aliphatic carboxylic acids is 1. The maximum Gasteiger partial charge on any atom is 0.315 e. The van der Waals surface area contributed by atoms with Crippen molar-refractivity contribution < 1.29 is 14.7 Å². The lowest BCUT2D eigenvalue weighted by molar-refractivity contribution is -0.137. The fourth-order valence-electron chi connectivity index (χ4n) is 2.23. The molecule has 1 aromatic heterocycles. The second-order valence-electron chi connectivity index (χ2n) is 5.06. The molecule has 2 unspecified atom stereocenters. The van der Waals surface area contributed by atoms with Gasteiger partial charge >= 0.3 is 12.0 Å². The lowest BCUT2D eigenvalue weighted by atomic mass is 10.1. The molecule has 1 heterocycles. The van der Waals surface area contributed by atoms with Gasteiger partial charge in [0.15, 0.2) is 0 Å². The van der Waals surface area contributed by atoms with Gasteiger partial charge in [0.1, 0.15) is 0 Å². The van der Waals surface area contributed by atoms with Crippen molar-refractivity contribution >= 4 is 23.3 Å². The van der Waals surface area contributed by atoms with Gasteiger partial charge in [0.25, 0.3) is 0 Å². The van der Waals surface area contributed by atoms with E-state index in [0.29, 0.717) is 6.42 Å². The molecule has 0 saturated heterocycles. The summed E-state index contributed by atoms with van der Waals surface area (Å²) < 4.78 is 0. The van der Waals surface area contributed by atoms with Crippen molar-refractivity contribution in [3.8, 4) is 0 Å². The van der Waals surface area contributed by atoms with Crippen LogP contribution in [0.3, 0.4) is 0 Å². The Labute approximate surface area is 129 Å². The predicted octanol–water partition coefficient (Wildman–Crippen LogP) is 3.53. The molecule has 1 aromatic rings. The van der Waals surface area contributed by atoms with Crippen LogP contribution in [-0.4, -0.2) is 23.1 Å². The molecule has 3 N–H and O–H groups in total. The molecule has 118 valence electrons. The highest BCUT2D eigenvalue weighted by Gasteiger charge is 2.18. The molecular formula is C15H24N2O3S. The first-order valence-electron chi connectivity index (χ1n) is 7.39. The third-order valence-electron chi connectivity index (χ3n) is 3.16. The molecule has 2 amide bonds. The summed E-state index contributed by atoms with van der Waals surface area (Å²) in [5.74, 6) is -0.892. The molecule has 6 heteroatoms. The highest BCUT2D eigenvalue weighted by atomic mass is 32.1. The van der Waals surface area contributed by atoms with Crippen LogP contribution in [0.5, 0.6) is 0 Å². The summed E-state index contributed by atoms with van der Waals surface area (Å²) in [6.07, 6.45) is 3.29. The standard InChI is InChI=1S/C15H24N2O3S/c1-3-6-11(10-14(18)19)16-15(20)17-12(7-4-2)13-8-5-9-21-13/h5,8-9,11-12H,3-4,6-7,10H2,1-2H3,(H,18,19)(H2,16,17,20). The maximum atomic E-state index is 12.1. The van der Waals surface area contributed by atoms with Crippen LogP contribution in [0.2, 0.25) is 0 Å². The maximum absolute atomic E-state index is 12.1. The molecule has 0 bridgehead atoms. The average molecular weight is 312 g/mol. The smallest absolute Gasteiger partial charge is 0.315 e. The monoisotopic (exact) mass is 312 g/mol. The van der Waals surface area contributed by atoms with Crippen molar-refractivity contribution in [3.63, 3.8) is 0 Å². The zero-order valence-corrected chi connectivity index (χ0v) is 13.4. The number of hydrogen-bond acceptors (Lipinski definition) is 3. The highest BCUT2D eigenvalue weighted by Crippen LogP contribution is 2.23. The Morgan fingerprint density at radius 3 is 2.48 bits per heavy atom. The van der Waals surface area contributed by atoms with E-state index in [9.17, 15) is 9.59 Å². The van der Waals surface area contributed by atoms with E-state index < -0.39 is 5.97 Å². The van der Waals surface area contributed by atoms with Crippen LogP contribution in [0, 0.1) is 0 Å². The highest BCUT2D eigenvalue weighted by molar-refractivity contribution is 7.10. The summed E-state index contributed by atoms with van der Waals surface area (Å²) in [7, 11) is 0. The molecule has 0 radical (unpaired) electrons. The fraction of sp³-hybridized carbons (Fsp3) is 0.600. The number of amides is 2. The van der Waals surface area contributed by atoms with Gasteiger partial charge in [0.05, 0.1) is 12.5 Å². The van der Waals surface area contributed by atoms with Crippen LogP contribution >= 0.6 is 11.3 Å². The van der Waals surface area contributed by atoms with Gasteiger partial charge in [-0.05, 0) is 24.3 Å². The molecule has 0 spiro atoms. The number of carboxylic acid groups (broad SMARTS) is 1. The summed E-state index contributed by atoms with van der Waals surface area (Å²) >= 11 is 1.62. The van der Waals surface area contributed by atoms with Gasteiger partial charge in [-0.3, -0.25) is 4.79 Å². The van der Waals surface area contributed by atoms with E-state index in [-0.39, 0.29) is 24.5 Å². The lowest BCUT2D eigenvalue weighted by Crippen LogP contribution is -2.44. The van der Waals surface area contributed by atoms with Crippen LogP contribution in [0.15, 0.2) is 17.5 Å². The zero-order chi connectivity index (χ0) is 15.7. The molecule has 0 fully saturated rings. The number of carbonyl (C=O) groups is 2. The Morgan fingerprint density at radius 1 is 1.24 bits per heavy atom. The molecule has 1 rings (SSSR count). The second-order valence-corrected chi connectivity index (χ2v) is 6.04. The van der Waals surface area contributed by atoms with E-state index >= 15 is 0 Å². The SMILES string of the molecule is CCCC(CC(=O)O)NC(=O)NC(CCC)c1cccs1. The van der Waals surface area contributed by atoms with Gasteiger partial charge in [-0.15, -0.1) is 11.3 Å². The van der Waals surface area contributed by atoms with Crippen LogP contribution in [0.25, 0.3) is 0 Å². The molecular weight excluding hydrogens is 288 g/mol. The van der Waals surface area contributed by atoms with E-state index in [4.69, 9.17) is 5.11 Å². The molecule has 0 aliphatic rings. The first-order valence-corrected chi connectivity index (χ1v) is 8.27. The van der Waals surface area contributed by atoms with E-state index in [2.05, 4.69) is 17.6 Å². The average Bonchev–Trinajstić information content (AvgIpc) is 2.91. The third-order valence-corrected chi connectivity index (χ3v) is 4.15. The number of thiophene rings is 1. The summed E-state index contributed by atoms with van der Waals surface area (Å²) in [5.41, 5.74) is 0. The van der Waals surface area contributed by atoms with Crippen molar-refractivity contribution in [2.45, 2.75) is 58.0 Å². The van der Waals surface area contributed by atoms with E-state index in [1.807, 2.05) is 24.4 Å². The number of hydrogen-bond donors (Lipinski definition) is 3. The number of urea groups is 1. The molecule has 0 aromatic carbocycles. The topological polar surface area (TPSA) is 78.4 Å². The van der Waals surface area contributed by atoms with Crippen molar-refractivity contribution in [2.24, 2.45) is 0 Å². The number of carboxylic acids is 1. The van der Waals surface area contributed by atoms with E-state index in [0.717, 1.165) is 24.1 Å². The largest absolute Gasteiger partial charge is 0.481 e. The van der Waals surface area contributed by atoms with Crippen molar-refractivity contribution in [3.05, 3.63) is 22.4 Å². The van der Waals surface area contributed by atoms with Gasteiger partial charge in [0.2, 0.25) is 0 Å². The Kier molecular flexibility index (Phi) is 7.82. The molecule has 0 saturated carbocycles. The third kappa shape index (κ3) is 6.62. The Balaban J connectivity index is 2.57. The Hall–Kier alpha value is -1.56. The number of nitrogens with one attached hydrogen (secondary N) is 2. The molecule has 0 aliphatic heterocycles. The second kappa shape index (κ2) is 9.39. The first kappa shape index (κ1) is 17.5. The number of carbonyl (C=O) groups excluding carboxylic acids is 1. The Bertz CT molecular complexity index is 434. The minimum atomic E-state index is -0.892. The predicted molar refractivity (Wildman–Crippen MR) is 84.6 cm³/mol.